The van der Waals surface area contributed by atoms with E-state index in [9.17, 15) is 9.65 Å². The standard InChI is InChI=1S/C26H29FN8O/c1-34-10-12-35(13-11-34)20-3-5-25(31-16-20)33-26-30-9-6-22(32-26)18-2-4-23(19(14-18)15-28)36-24-7-8-29-17-21(24)27/h2-6,9,14,16,21,24,29H,7-8,10-13,17H2,1H3,(H,30,31,32,33)/t21-,24+/m1/s1. The van der Waals surface area contributed by atoms with Gasteiger partial charge < -0.3 is 25.2 Å². The van der Waals surface area contributed by atoms with Crippen molar-refractivity contribution in [2.24, 2.45) is 0 Å². The highest BCUT2D eigenvalue weighted by Gasteiger charge is 2.27. The number of likely N-dealkylation sites (N-methyl/N-ethyl adjacent to an activating group) is 1. The maximum absolute atomic E-state index is 14.2. The molecule has 2 N–H and O–H groups in total. The minimum Gasteiger partial charge on any atom is -0.486 e. The van der Waals surface area contributed by atoms with Gasteiger partial charge in [0.2, 0.25) is 5.95 Å². The van der Waals surface area contributed by atoms with Gasteiger partial charge in [-0.25, -0.2) is 19.3 Å². The van der Waals surface area contributed by atoms with Gasteiger partial charge in [-0.1, -0.05) is 0 Å². The highest BCUT2D eigenvalue weighted by atomic mass is 19.1. The van der Waals surface area contributed by atoms with Crippen LogP contribution in [0.1, 0.15) is 12.0 Å². The van der Waals surface area contributed by atoms with E-state index in [0.717, 1.165) is 37.4 Å². The molecule has 9 nitrogen and oxygen atoms in total. The fourth-order valence-corrected chi connectivity index (χ4v) is 4.38. The quantitative estimate of drug-likeness (QED) is 0.542. The number of aromatic nitrogens is 3. The van der Waals surface area contributed by atoms with Crippen molar-refractivity contribution >= 4 is 17.5 Å². The summed E-state index contributed by atoms with van der Waals surface area (Å²) in [5, 5.41) is 15.8. The number of piperazine rings is 1. The Morgan fingerprint density at radius 1 is 1.14 bits per heavy atom. The minimum absolute atomic E-state index is 0.259. The van der Waals surface area contributed by atoms with E-state index in [1.54, 1.807) is 24.4 Å². The van der Waals surface area contributed by atoms with Gasteiger partial charge in [0.25, 0.3) is 0 Å². The zero-order chi connectivity index (χ0) is 24.9. The summed E-state index contributed by atoms with van der Waals surface area (Å²) >= 11 is 0. The van der Waals surface area contributed by atoms with Gasteiger partial charge in [0.1, 0.15) is 29.9 Å². The fourth-order valence-electron chi connectivity index (χ4n) is 4.38. The third-order valence-electron chi connectivity index (χ3n) is 6.53. The van der Waals surface area contributed by atoms with Crippen molar-refractivity contribution in [3.05, 3.63) is 54.4 Å². The fraction of sp³-hybridized carbons (Fsp3) is 0.385. The Kier molecular flexibility index (Phi) is 7.21. The van der Waals surface area contributed by atoms with Crippen LogP contribution < -0.4 is 20.3 Å². The number of piperidine rings is 1. The Balaban J connectivity index is 1.28. The molecular weight excluding hydrogens is 459 g/mol. The van der Waals surface area contributed by atoms with Crippen molar-refractivity contribution in [3.8, 4) is 23.1 Å². The Hall–Kier alpha value is -3.81. The predicted octanol–water partition coefficient (Wildman–Crippen LogP) is 2.98. The smallest absolute Gasteiger partial charge is 0.228 e. The molecule has 5 rings (SSSR count). The number of alkyl halides is 1. The van der Waals surface area contributed by atoms with Crippen LogP contribution in [0.2, 0.25) is 0 Å². The normalized spacial score (nSPS) is 20.5. The Morgan fingerprint density at radius 2 is 2.00 bits per heavy atom. The monoisotopic (exact) mass is 488 g/mol. The molecule has 2 fully saturated rings. The number of rotatable bonds is 6. The highest BCUT2D eigenvalue weighted by molar-refractivity contribution is 5.65. The number of nitriles is 1. The average Bonchev–Trinajstić information content (AvgIpc) is 2.91. The highest BCUT2D eigenvalue weighted by Crippen LogP contribution is 2.28. The topological polar surface area (TPSA) is 102 Å². The maximum atomic E-state index is 14.2. The van der Waals surface area contributed by atoms with Crippen molar-refractivity contribution in [3.63, 3.8) is 0 Å². The molecule has 2 aliphatic heterocycles. The summed E-state index contributed by atoms with van der Waals surface area (Å²) in [4.78, 5) is 18.1. The number of nitrogens with zero attached hydrogens (tertiary/aromatic N) is 6. The van der Waals surface area contributed by atoms with Crippen molar-refractivity contribution in [2.75, 3.05) is 56.5 Å². The molecule has 10 heteroatoms. The number of benzene rings is 1. The first-order chi connectivity index (χ1) is 17.6. The molecule has 36 heavy (non-hydrogen) atoms. The van der Waals surface area contributed by atoms with Gasteiger partial charge in [0, 0.05) is 44.5 Å². The Bertz CT molecular complexity index is 1220. The second-order valence-electron chi connectivity index (χ2n) is 9.07. The molecule has 0 saturated carbocycles. The lowest BCUT2D eigenvalue weighted by molar-refractivity contribution is 0.0729. The van der Waals surface area contributed by atoms with Gasteiger partial charge in [0.15, 0.2) is 0 Å². The first-order valence-electron chi connectivity index (χ1n) is 12.1. The lowest BCUT2D eigenvalue weighted by Crippen LogP contribution is -2.44. The molecule has 1 aromatic carbocycles. The van der Waals surface area contributed by atoms with Crippen LogP contribution in [0.5, 0.6) is 5.75 Å². The SMILES string of the molecule is CN1CCN(c2ccc(Nc3nccc(-c4ccc(O[C@H]5CCNC[C@H]5F)c(C#N)c4)n3)nc2)CC1. The number of halogens is 1. The number of nitrogens with one attached hydrogen (secondary N) is 2. The molecule has 2 aliphatic rings. The van der Waals surface area contributed by atoms with Gasteiger partial charge in [-0.2, -0.15) is 5.26 Å². The molecule has 0 aliphatic carbocycles. The summed E-state index contributed by atoms with van der Waals surface area (Å²) in [5.74, 6) is 1.43. The van der Waals surface area contributed by atoms with Gasteiger partial charge in [0.05, 0.1) is 23.1 Å². The molecule has 0 radical (unpaired) electrons. The molecule has 3 aromatic rings. The van der Waals surface area contributed by atoms with E-state index in [4.69, 9.17) is 4.74 Å². The Labute approximate surface area is 209 Å². The first kappa shape index (κ1) is 23.9. The molecule has 4 heterocycles. The summed E-state index contributed by atoms with van der Waals surface area (Å²) in [6.45, 7) is 4.99. The van der Waals surface area contributed by atoms with Crippen LogP contribution in [-0.4, -0.2) is 78.4 Å². The van der Waals surface area contributed by atoms with E-state index in [0.29, 0.717) is 41.7 Å². The molecule has 2 aromatic heterocycles. The van der Waals surface area contributed by atoms with E-state index >= 15 is 0 Å². The van der Waals surface area contributed by atoms with E-state index < -0.39 is 12.3 Å². The second kappa shape index (κ2) is 10.8. The summed E-state index contributed by atoms with van der Waals surface area (Å²) in [5.41, 5.74) is 2.82. The van der Waals surface area contributed by atoms with Crippen LogP contribution >= 0.6 is 0 Å². The predicted molar refractivity (Wildman–Crippen MR) is 136 cm³/mol. The van der Waals surface area contributed by atoms with Crippen LogP contribution in [0.4, 0.5) is 21.8 Å². The third-order valence-corrected chi connectivity index (χ3v) is 6.53. The molecule has 0 spiro atoms. The van der Waals surface area contributed by atoms with Gasteiger partial charge in [-0.05, 0) is 56.4 Å². The lowest BCUT2D eigenvalue weighted by atomic mass is 10.1. The lowest BCUT2D eigenvalue weighted by Gasteiger charge is -2.33. The number of ether oxygens (including phenoxy) is 1. The molecular formula is C26H29FN8O. The summed E-state index contributed by atoms with van der Waals surface area (Å²) < 4.78 is 20.0. The van der Waals surface area contributed by atoms with Gasteiger partial charge in [-0.15, -0.1) is 0 Å². The van der Waals surface area contributed by atoms with Crippen LogP contribution in [0, 0.1) is 11.3 Å². The molecule has 0 amide bonds. The average molecular weight is 489 g/mol. The van der Waals surface area contributed by atoms with Crippen molar-refractivity contribution in [1.82, 2.24) is 25.2 Å². The van der Waals surface area contributed by atoms with Crippen LogP contribution in [0.3, 0.4) is 0 Å². The summed E-state index contributed by atoms with van der Waals surface area (Å²) in [6, 6.07) is 13.1. The van der Waals surface area contributed by atoms with Gasteiger partial charge in [-0.3, -0.25) is 0 Å². The second-order valence-corrected chi connectivity index (χ2v) is 9.07. The van der Waals surface area contributed by atoms with Crippen LogP contribution in [0.15, 0.2) is 48.8 Å². The Morgan fingerprint density at radius 3 is 2.75 bits per heavy atom. The largest absolute Gasteiger partial charge is 0.486 e. The van der Waals surface area contributed by atoms with E-state index in [-0.39, 0.29) is 6.54 Å². The van der Waals surface area contributed by atoms with E-state index in [1.165, 1.54) is 0 Å². The van der Waals surface area contributed by atoms with Gasteiger partial charge >= 0.3 is 0 Å². The minimum atomic E-state index is -1.11. The molecule has 2 atom stereocenters. The van der Waals surface area contributed by atoms with E-state index in [1.807, 2.05) is 24.4 Å². The van der Waals surface area contributed by atoms with Crippen molar-refractivity contribution < 1.29 is 9.13 Å². The summed E-state index contributed by atoms with van der Waals surface area (Å²) in [7, 11) is 2.14. The molecule has 0 bridgehead atoms. The number of anilines is 3. The zero-order valence-electron chi connectivity index (χ0n) is 20.2. The number of hydrogen-bond acceptors (Lipinski definition) is 9. The number of hydrogen-bond donors (Lipinski definition) is 2. The summed E-state index contributed by atoms with van der Waals surface area (Å²) in [6.07, 6.45) is 2.40. The van der Waals surface area contributed by atoms with Crippen LogP contribution in [-0.2, 0) is 0 Å². The molecule has 186 valence electrons. The van der Waals surface area contributed by atoms with Crippen molar-refractivity contribution in [1.29, 1.82) is 5.26 Å². The van der Waals surface area contributed by atoms with E-state index in [2.05, 4.69) is 48.5 Å². The third kappa shape index (κ3) is 5.53. The van der Waals surface area contributed by atoms with Crippen LogP contribution in [0.25, 0.3) is 11.3 Å². The maximum Gasteiger partial charge on any atom is 0.228 e. The molecule has 0 unspecified atom stereocenters. The number of pyridine rings is 1. The zero-order valence-corrected chi connectivity index (χ0v) is 20.2. The molecule has 2 saturated heterocycles. The van der Waals surface area contributed by atoms with Crippen molar-refractivity contribution in [2.45, 2.75) is 18.7 Å². The first-order valence-corrected chi connectivity index (χ1v) is 12.1.